The quantitative estimate of drug-likeness (QED) is 0.492. The standard InChI is InChI=1S/C8H4O3.C4H2O3/c9-7-5-3-1-2-4-6(5)8(10)11-7;5-3-1-2-4(6)7-3/h1-4H;1-2H. The van der Waals surface area contributed by atoms with Crippen molar-refractivity contribution in [2.45, 2.75) is 0 Å². The van der Waals surface area contributed by atoms with Gasteiger partial charge in [-0.3, -0.25) is 0 Å². The van der Waals surface area contributed by atoms with Gasteiger partial charge in [0, 0.05) is 12.2 Å². The number of carbonyl (C=O) groups excluding carboxylic acids is 4. The van der Waals surface area contributed by atoms with Crippen LogP contribution >= 0.6 is 0 Å². The predicted octanol–water partition coefficient (Wildman–Crippen LogP) is 0.623. The summed E-state index contributed by atoms with van der Waals surface area (Å²) in [5.74, 6) is -2.26. The highest BCUT2D eigenvalue weighted by Gasteiger charge is 2.28. The van der Waals surface area contributed by atoms with Gasteiger partial charge in [0.15, 0.2) is 0 Å². The van der Waals surface area contributed by atoms with Crippen LogP contribution in [0.25, 0.3) is 0 Å². The number of carbonyl (C=O) groups is 4. The van der Waals surface area contributed by atoms with E-state index in [1.807, 2.05) is 0 Å². The van der Waals surface area contributed by atoms with Gasteiger partial charge in [0.1, 0.15) is 0 Å². The Morgan fingerprint density at radius 1 is 0.667 bits per heavy atom. The molecule has 0 aromatic heterocycles. The Kier molecular flexibility index (Phi) is 3.01. The number of rotatable bonds is 0. The minimum atomic E-state index is -0.579. The maximum Gasteiger partial charge on any atom is 0.346 e. The van der Waals surface area contributed by atoms with Crippen LogP contribution in [0.15, 0.2) is 36.4 Å². The van der Waals surface area contributed by atoms with Crippen molar-refractivity contribution in [2.75, 3.05) is 0 Å². The maximum absolute atomic E-state index is 10.8. The lowest BCUT2D eigenvalue weighted by Gasteiger charge is -1.86. The Bertz CT molecular complexity index is 535. The second-order valence-corrected chi connectivity index (χ2v) is 3.30. The van der Waals surface area contributed by atoms with E-state index < -0.39 is 23.9 Å². The minimum absolute atomic E-state index is 0.359. The van der Waals surface area contributed by atoms with Crippen LogP contribution in [-0.2, 0) is 19.1 Å². The van der Waals surface area contributed by atoms with E-state index in [0.717, 1.165) is 12.2 Å². The number of ether oxygens (including phenoxy) is 2. The smallest absolute Gasteiger partial charge is 0.346 e. The summed E-state index contributed by atoms with van der Waals surface area (Å²) in [4.78, 5) is 41.5. The van der Waals surface area contributed by atoms with E-state index in [9.17, 15) is 19.2 Å². The summed E-state index contributed by atoms with van der Waals surface area (Å²) in [6.45, 7) is 0. The molecule has 0 saturated carbocycles. The first-order valence-electron chi connectivity index (χ1n) is 4.87. The van der Waals surface area contributed by atoms with Crippen molar-refractivity contribution >= 4 is 23.9 Å². The normalized spacial score (nSPS) is 15.8. The third kappa shape index (κ3) is 2.32. The molecule has 0 radical (unpaired) electrons. The molecule has 2 aliphatic rings. The molecule has 0 fully saturated rings. The van der Waals surface area contributed by atoms with E-state index in [1.165, 1.54) is 0 Å². The van der Waals surface area contributed by atoms with Crippen molar-refractivity contribution in [1.82, 2.24) is 0 Å². The Labute approximate surface area is 101 Å². The second kappa shape index (κ2) is 4.62. The van der Waals surface area contributed by atoms with Crippen molar-refractivity contribution in [3.8, 4) is 0 Å². The first kappa shape index (κ1) is 11.7. The molecule has 0 saturated heterocycles. The van der Waals surface area contributed by atoms with Gasteiger partial charge in [-0.15, -0.1) is 0 Å². The molecule has 90 valence electrons. The molecule has 0 atom stereocenters. The van der Waals surface area contributed by atoms with Gasteiger partial charge >= 0.3 is 23.9 Å². The highest BCUT2D eigenvalue weighted by molar-refractivity contribution is 6.14. The molecule has 6 nitrogen and oxygen atoms in total. The largest absolute Gasteiger partial charge is 0.387 e. The first-order chi connectivity index (χ1) is 8.58. The van der Waals surface area contributed by atoms with E-state index in [4.69, 9.17) is 0 Å². The summed E-state index contributed by atoms with van der Waals surface area (Å²) < 4.78 is 8.33. The average Bonchev–Trinajstić information content (AvgIpc) is 2.85. The molecule has 1 aromatic carbocycles. The number of esters is 4. The molecular formula is C12H6O6. The zero-order chi connectivity index (χ0) is 13.1. The lowest BCUT2D eigenvalue weighted by atomic mass is 10.1. The molecule has 6 heteroatoms. The van der Waals surface area contributed by atoms with Crippen LogP contribution in [-0.4, -0.2) is 23.9 Å². The van der Waals surface area contributed by atoms with E-state index in [-0.39, 0.29) is 0 Å². The Hall–Kier alpha value is -2.76. The van der Waals surface area contributed by atoms with Gasteiger partial charge in [-0.1, -0.05) is 12.1 Å². The monoisotopic (exact) mass is 246 g/mol. The molecule has 0 spiro atoms. The summed E-state index contributed by atoms with van der Waals surface area (Å²) in [5.41, 5.74) is 0.718. The van der Waals surface area contributed by atoms with E-state index >= 15 is 0 Å². The number of benzene rings is 1. The summed E-state index contributed by atoms with van der Waals surface area (Å²) in [7, 11) is 0. The van der Waals surface area contributed by atoms with Crippen molar-refractivity contribution in [3.05, 3.63) is 47.5 Å². The molecule has 3 rings (SSSR count). The van der Waals surface area contributed by atoms with Crippen LogP contribution < -0.4 is 0 Å². The number of hydrogen-bond donors (Lipinski definition) is 0. The third-order valence-corrected chi connectivity index (χ3v) is 2.11. The van der Waals surface area contributed by atoms with Crippen LogP contribution in [0, 0.1) is 0 Å². The summed E-state index contributed by atoms with van der Waals surface area (Å²) in [6.07, 6.45) is 2.17. The van der Waals surface area contributed by atoms with Crippen molar-refractivity contribution in [2.24, 2.45) is 0 Å². The molecule has 0 unspecified atom stereocenters. The van der Waals surface area contributed by atoms with Crippen LogP contribution in [0.3, 0.4) is 0 Å². The van der Waals surface area contributed by atoms with Gasteiger partial charge in [-0.05, 0) is 12.1 Å². The predicted molar refractivity (Wildman–Crippen MR) is 56.4 cm³/mol. The fourth-order valence-electron chi connectivity index (χ4n) is 1.34. The van der Waals surface area contributed by atoms with Crippen molar-refractivity contribution < 1.29 is 28.7 Å². The molecule has 18 heavy (non-hydrogen) atoms. The number of fused-ring (bicyclic) bond motifs is 1. The second-order valence-electron chi connectivity index (χ2n) is 3.30. The molecular weight excluding hydrogens is 240 g/mol. The zero-order valence-electron chi connectivity index (χ0n) is 8.91. The van der Waals surface area contributed by atoms with Crippen molar-refractivity contribution in [1.29, 1.82) is 0 Å². The lowest BCUT2D eigenvalue weighted by Crippen LogP contribution is -1.96. The average molecular weight is 246 g/mol. The third-order valence-electron chi connectivity index (χ3n) is 2.11. The van der Waals surface area contributed by atoms with E-state index in [0.29, 0.717) is 11.1 Å². The molecule has 2 heterocycles. The van der Waals surface area contributed by atoms with Gasteiger partial charge in [-0.2, -0.15) is 0 Å². The molecule has 0 amide bonds. The van der Waals surface area contributed by atoms with Crippen molar-refractivity contribution in [3.63, 3.8) is 0 Å². The summed E-state index contributed by atoms with van der Waals surface area (Å²) in [5, 5.41) is 0. The summed E-state index contributed by atoms with van der Waals surface area (Å²) >= 11 is 0. The van der Waals surface area contributed by atoms with Gasteiger partial charge in [0.25, 0.3) is 0 Å². The Balaban J connectivity index is 0.000000149. The Morgan fingerprint density at radius 2 is 1.11 bits per heavy atom. The fourth-order valence-corrected chi connectivity index (χ4v) is 1.34. The van der Waals surface area contributed by atoms with Gasteiger partial charge in [0.05, 0.1) is 11.1 Å². The SMILES string of the molecule is O=C1C=CC(=O)O1.O=C1OC(=O)c2ccccc21. The van der Waals surface area contributed by atoms with Crippen LogP contribution in [0.1, 0.15) is 20.7 Å². The number of hydrogen-bond acceptors (Lipinski definition) is 6. The van der Waals surface area contributed by atoms with Crippen LogP contribution in [0.5, 0.6) is 0 Å². The fraction of sp³-hybridized carbons (Fsp3) is 0. The minimum Gasteiger partial charge on any atom is -0.387 e. The van der Waals surface area contributed by atoms with Crippen LogP contribution in [0.4, 0.5) is 0 Å². The first-order valence-corrected chi connectivity index (χ1v) is 4.87. The topological polar surface area (TPSA) is 86.7 Å². The van der Waals surface area contributed by atoms with Gasteiger partial charge in [-0.25, -0.2) is 19.2 Å². The Morgan fingerprint density at radius 3 is 1.44 bits per heavy atom. The van der Waals surface area contributed by atoms with Gasteiger partial charge in [0.2, 0.25) is 0 Å². The molecule has 0 bridgehead atoms. The summed E-state index contributed by atoms with van der Waals surface area (Å²) in [6, 6.07) is 6.53. The maximum atomic E-state index is 10.8. The van der Waals surface area contributed by atoms with Crippen LogP contribution in [0.2, 0.25) is 0 Å². The number of cyclic esters (lactones) is 4. The molecule has 0 aliphatic carbocycles. The molecule has 2 aliphatic heterocycles. The van der Waals surface area contributed by atoms with E-state index in [2.05, 4.69) is 9.47 Å². The molecule has 1 aromatic rings. The zero-order valence-corrected chi connectivity index (χ0v) is 8.91. The lowest BCUT2D eigenvalue weighted by molar-refractivity contribution is -0.150. The highest BCUT2D eigenvalue weighted by Crippen LogP contribution is 2.18. The molecule has 0 N–H and O–H groups in total. The van der Waals surface area contributed by atoms with E-state index in [1.54, 1.807) is 24.3 Å². The van der Waals surface area contributed by atoms with Gasteiger partial charge < -0.3 is 9.47 Å². The highest BCUT2D eigenvalue weighted by atomic mass is 16.6.